The van der Waals surface area contributed by atoms with E-state index in [0.29, 0.717) is 6.61 Å². The number of hydrogen-bond donors (Lipinski definition) is 1. The SMILES string of the molecule is CC.CC(C)(C(=O)OCN)c1ccccc1.CCOC(=O)C(C)CC. The van der Waals surface area contributed by atoms with Crippen molar-refractivity contribution in [3.8, 4) is 0 Å². The topological polar surface area (TPSA) is 78.6 Å². The molecule has 5 heteroatoms. The minimum atomic E-state index is -0.638. The van der Waals surface area contributed by atoms with Crippen molar-refractivity contribution in [3.05, 3.63) is 35.9 Å². The van der Waals surface area contributed by atoms with E-state index in [4.69, 9.17) is 15.2 Å². The number of nitrogens with two attached hydrogens (primary N) is 1. The van der Waals surface area contributed by atoms with Crippen molar-refractivity contribution in [1.29, 1.82) is 0 Å². The molecule has 2 N–H and O–H groups in total. The molecule has 0 amide bonds. The summed E-state index contributed by atoms with van der Waals surface area (Å²) in [5.41, 5.74) is 5.45. The van der Waals surface area contributed by atoms with Gasteiger partial charge in [-0.15, -0.1) is 0 Å². The third-order valence-electron chi connectivity index (χ3n) is 3.52. The molecule has 0 saturated carbocycles. The number of carbonyl (C=O) groups is 2. The molecule has 0 spiro atoms. The predicted molar refractivity (Wildman–Crippen MR) is 102 cm³/mol. The maximum atomic E-state index is 11.6. The highest BCUT2D eigenvalue weighted by molar-refractivity contribution is 5.82. The normalized spacial score (nSPS) is 11.0. The second-order valence-electron chi connectivity index (χ2n) is 5.65. The number of esters is 2. The van der Waals surface area contributed by atoms with Crippen molar-refractivity contribution < 1.29 is 19.1 Å². The van der Waals surface area contributed by atoms with Crippen molar-refractivity contribution in [2.45, 2.75) is 60.3 Å². The average molecular weight is 354 g/mol. The molecule has 25 heavy (non-hydrogen) atoms. The smallest absolute Gasteiger partial charge is 0.317 e. The Morgan fingerprint density at radius 1 is 1.08 bits per heavy atom. The minimum Gasteiger partial charge on any atom is -0.466 e. The highest BCUT2D eigenvalue weighted by Crippen LogP contribution is 2.24. The molecular weight excluding hydrogens is 318 g/mol. The summed E-state index contributed by atoms with van der Waals surface area (Å²) in [5, 5.41) is 0. The van der Waals surface area contributed by atoms with E-state index in [1.807, 2.05) is 78.8 Å². The summed E-state index contributed by atoms with van der Waals surface area (Å²) >= 11 is 0. The van der Waals surface area contributed by atoms with Crippen LogP contribution in [0, 0.1) is 5.92 Å². The zero-order valence-electron chi connectivity index (χ0n) is 16.8. The third kappa shape index (κ3) is 9.87. The van der Waals surface area contributed by atoms with Gasteiger partial charge in [0, 0.05) is 0 Å². The summed E-state index contributed by atoms with van der Waals surface area (Å²) in [6.07, 6.45) is 0.860. The molecule has 144 valence electrons. The Kier molecular flexibility index (Phi) is 14.7. The fourth-order valence-electron chi connectivity index (χ4n) is 1.68. The fourth-order valence-corrected chi connectivity index (χ4v) is 1.68. The lowest BCUT2D eigenvalue weighted by molar-refractivity contribution is -0.149. The molecule has 0 radical (unpaired) electrons. The maximum absolute atomic E-state index is 11.6. The summed E-state index contributed by atoms with van der Waals surface area (Å²) in [5.74, 6) is -0.323. The molecule has 0 fully saturated rings. The van der Waals surface area contributed by atoms with Crippen LogP contribution in [0.25, 0.3) is 0 Å². The Morgan fingerprint density at radius 2 is 1.60 bits per heavy atom. The molecule has 1 unspecified atom stereocenters. The number of hydrogen-bond acceptors (Lipinski definition) is 5. The molecule has 1 rings (SSSR count). The molecule has 1 atom stereocenters. The van der Waals surface area contributed by atoms with Crippen molar-refractivity contribution in [3.63, 3.8) is 0 Å². The van der Waals surface area contributed by atoms with Gasteiger partial charge >= 0.3 is 11.9 Å². The number of ether oxygens (including phenoxy) is 2. The Morgan fingerprint density at radius 3 is 2.00 bits per heavy atom. The first-order valence-electron chi connectivity index (χ1n) is 8.90. The zero-order valence-corrected chi connectivity index (χ0v) is 16.8. The molecule has 0 aromatic heterocycles. The summed E-state index contributed by atoms with van der Waals surface area (Å²) in [4.78, 5) is 22.3. The van der Waals surface area contributed by atoms with Crippen molar-refractivity contribution in [2.75, 3.05) is 13.3 Å². The average Bonchev–Trinajstić information content (AvgIpc) is 2.64. The molecule has 0 aliphatic heterocycles. The summed E-state index contributed by atoms with van der Waals surface area (Å²) < 4.78 is 9.56. The van der Waals surface area contributed by atoms with Gasteiger partial charge in [0.2, 0.25) is 0 Å². The van der Waals surface area contributed by atoms with E-state index >= 15 is 0 Å². The minimum absolute atomic E-state index is 0.0601. The second kappa shape index (κ2) is 14.5. The molecule has 0 aliphatic rings. The first-order valence-corrected chi connectivity index (χ1v) is 8.90. The largest absolute Gasteiger partial charge is 0.466 e. The molecule has 1 aromatic carbocycles. The van der Waals surface area contributed by atoms with Gasteiger partial charge in [0.1, 0.15) is 6.73 Å². The summed E-state index contributed by atoms with van der Waals surface area (Å²) in [6.45, 7) is 13.7. The monoisotopic (exact) mass is 353 g/mol. The molecular formula is C20H35NO4. The van der Waals surface area contributed by atoms with E-state index in [0.717, 1.165) is 12.0 Å². The molecule has 5 nitrogen and oxygen atoms in total. The van der Waals surface area contributed by atoms with Gasteiger partial charge < -0.3 is 9.47 Å². The molecule has 0 aliphatic carbocycles. The zero-order chi connectivity index (χ0) is 19.9. The van der Waals surface area contributed by atoms with Crippen LogP contribution >= 0.6 is 0 Å². The summed E-state index contributed by atoms with van der Waals surface area (Å²) in [7, 11) is 0. The van der Waals surface area contributed by atoms with Crippen molar-refractivity contribution in [1.82, 2.24) is 0 Å². The van der Waals surface area contributed by atoms with E-state index in [1.165, 1.54) is 0 Å². The van der Waals surface area contributed by atoms with E-state index in [2.05, 4.69) is 0 Å². The van der Waals surface area contributed by atoms with Gasteiger partial charge in [-0.3, -0.25) is 15.3 Å². The van der Waals surface area contributed by atoms with Crippen LogP contribution in [0.2, 0.25) is 0 Å². The first kappa shape index (κ1) is 25.4. The van der Waals surface area contributed by atoms with Crippen LogP contribution in [0.5, 0.6) is 0 Å². The number of benzene rings is 1. The van der Waals surface area contributed by atoms with Crippen LogP contribution in [0.1, 0.15) is 60.5 Å². The van der Waals surface area contributed by atoms with Crippen LogP contribution in [-0.4, -0.2) is 25.3 Å². The van der Waals surface area contributed by atoms with Gasteiger partial charge in [-0.25, -0.2) is 0 Å². The van der Waals surface area contributed by atoms with Crippen LogP contribution in [0.15, 0.2) is 30.3 Å². The predicted octanol–water partition coefficient (Wildman–Crippen LogP) is 4.05. The van der Waals surface area contributed by atoms with Gasteiger partial charge in [0.15, 0.2) is 0 Å². The Hall–Kier alpha value is -1.88. The lowest BCUT2D eigenvalue weighted by atomic mass is 9.85. The standard InChI is InChI=1S/C11H15NO2.C7H14O2.C2H6/c1-11(2,10(13)14-8-12)9-6-4-3-5-7-9;1-4-6(3)7(8)9-5-2;1-2/h3-7H,8,12H2,1-2H3;6H,4-5H2,1-3H3;1-2H3. The van der Waals surface area contributed by atoms with Gasteiger partial charge in [-0.2, -0.15) is 0 Å². The lowest BCUT2D eigenvalue weighted by Crippen LogP contribution is -2.32. The summed E-state index contributed by atoms with van der Waals surface area (Å²) in [6, 6.07) is 9.50. The third-order valence-corrected chi connectivity index (χ3v) is 3.52. The fraction of sp³-hybridized carbons (Fsp3) is 0.600. The van der Waals surface area contributed by atoms with Crippen LogP contribution in [-0.2, 0) is 24.5 Å². The molecule has 0 heterocycles. The van der Waals surface area contributed by atoms with Gasteiger partial charge in [0.05, 0.1) is 17.9 Å². The highest BCUT2D eigenvalue weighted by atomic mass is 16.5. The maximum Gasteiger partial charge on any atom is 0.317 e. The first-order chi connectivity index (χ1) is 11.8. The van der Waals surface area contributed by atoms with Crippen molar-refractivity contribution in [2.24, 2.45) is 11.7 Å². The Bertz CT molecular complexity index is 472. The van der Waals surface area contributed by atoms with Gasteiger partial charge in [-0.1, -0.05) is 58.0 Å². The Labute approximate surface area is 152 Å². The lowest BCUT2D eigenvalue weighted by Gasteiger charge is -2.22. The quantitative estimate of drug-likeness (QED) is 0.616. The molecule has 1 aromatic rings. The highest BCUT2D eigenvalue weighted by Gasteiger charge is 2.30. The van der Waals surface area contributed by atoms with E-state index < -0.39 is 5.41 Å². The van der Waals surface area contributed by atoms with Crippen molar-refractivity contribution >= 4 is 11.9 Å². The van der Waals surface area contributed by atoms with E-state index in [1.54, 1.807) is 0 Å². The second-order valence-corrected chi connectivity index (χ2v) is 5.65. The molecule has 0 saturated heterocycles. The van der Waals surface area contributed by atoms with E-state index in [-0.39, 0.29) is 24.6 Å². The molecule has 0 bridgehead atoms. The van der Waals surface area contributed by atoms with Gasteiger partial charge in [-0.05, 0) is 32.8 Å². The number of carbonyl (C=O) groups excluding carboxylic acids is 2. The van der Waals surface area contributed by atoms with E-state index in [9.17, 15) is 9.59 Å². The van der Waals surface area contributed by atoms with Crippen LogP contribution in [0.3, 0.4) is 0 Å². The Balaban J connectivity index is 0. The van der Waals surface area contributed by atoms with Crippen LogP contribution in [0.4, 0.5) is 0 Å². The number of rotatable bonds is 6. The van der Waals surface area contributed by atoms with Gasteiger partial charge in [0.25, 0.3) is 0 Å². The van der Waals surface area contributed by atoms with Crippen LogP contribution < -0.4 is 5.73 Å².